The Morgan fingerprint density at radius 3 is 2.70 bits per heavy atom. The first-order valence-electron chi connectivity index (χ1n) is 8.76. The highest BCUT2D eigenvalue weighted by Gasteiger charge is 2.42. The molecule has 0 spiro atoms. The van der Waals surface area contributed by atoms with Crippen LogP contribution in [0.4, 0.5) is 0 Å². The zero-order valence-electron chi connectivity index (χ0n) is 14.0. The van der Waals surface area contributed by atoms with E-state index in [1.807, 2.05) is 15.9 Å². The average molecular weight is 334 g/mol. The van der Waals surface area contributed by atoms with Crippen LogP contribution in [0.15, 0.2) is 17.5 Å². The minimum absolute atomic E-state index is 0.149. The second kappa shape index (κ2) is 7.04. The molecule has 2 fully saturated rings. The van der Waals surface area contributed by atoms with Gasteiger partial charge in [0, 0.05) is 29.9 Å². The van der Waals surface area contributed by atoms with Gasteiger partial charge >= 0.3 is 0 Å². The predicted octanol–water partition coefficient (Wildman–Crippen LogP) is 3.28. The van der Waals surface area contributed by atoms with Crippen molar-refractivity contribution in [2.24, 2.45) is 5.92 Å². The zero-order valence-corrected chi connectivity index (χ0v) is 14.8. The van der Waals surface area contributed by atoms with Crippen LogP contribution in [0.1, 0.15) is 50.8 Å². The standard InChI is InChI=1S/C18H26N2O2S/c1-3-14(4-2)19-11-13(10-17(19)21)18(22)20(15-7-8-15)12-16-6-5-9-23-16/h5-6,9,13-15H,3-4,7-8,10-12H2,1-2H3. The summed E-state index contributed by atoms with van der Waals surface area (Å²) in [6.45, 7) is 5.54. The lowest BCUT2D eigenvalue weighted by atomic mass is 10.1. The highest BCUT2D eigenvalue weighted by Crippen LogP contribution is 2.33. The molecule has 0 radical (unpaired) electrons. The second-order valence-corrected chi connectivity index (χ2v) is 7.73. The summed E-state index contributed by atoms with van der Waals surface area (Å²) in [5, 5.41) is 2.05. The molecular formula is C18H26N2O2S. The van der Waals surface area contributed by atoms with Gasteiger partial charge in [0.1, 0.15) is 0 Å². The Balaban J connectivity index is 1.67. The first kappa shape index (κ1) is 16.5. The summed E-state index contributed by atoms with van der Waals surface area (Å²) in [5.74, 6) is 0.190. The number of likely N-dealkylation sites (tertiary alicyclic amines) is 1. The quantitative estimate of drug-likeness (QED) is 0.768. The predicted molar refractivity (Wildman–Crippen MR) is 92.1 cm³/mol. The van der Waals surface area contributed by atoms with Crippen molar-refractivity contribution in [3.05, 3.63) is 22.4 Å². The Labute approximate surface area is 142 Å². The molecule has 2 amide bonds. The maximum absolute atomic E-state index is 13.0. The number of hydrogen-bond donors (Lipinski definition) is 0. The summed E-state index contributed by atoms with van der Waals surface area (Å²) in [6, 6.07) is 4.79. The minimum atomic E-state index is -0.149. The molecule has 1 saturated carbocycles. The van der Waals surface area contributed by atoms with Gasteiger partial charge in [0.15, 0.2) is 0 Å². The fourth-order valence-electron chi connectivity index (χ4n) is 3.56. The smallest absolute Gasteiger partial charge is 0.228 e. The number of carbonyl (C=O) groups excluding carboxylic acids is 2. The molecule has 1 unspecified atom stereocenters. The third kappa shape index (κ3) is 3.60. The number of thiophene rings is 1. The molecule has 0 aromatic carbocycles. The normalized spacial score (nSPS) is 21.3. The van der Waals surface area contributed by atoms with Crippen molar-refractivity contribution in [1.29, 1.82) is 0 Å². The topological polar surface area (TPSA) is 40.6 Å². The Morgan fingerprint density at radius 1 is 1.39 bits per heavy atom. The van der Waals surface area contributed by atoms with Crippen molar-refractivity contribution in [3.63, 3.8) is 0 Å². The molecule has 2 heterocycles. The van der Waals surface area contributed by atoms with Crippen LogP contribution >= 0.6 is 11.3 Å². The lowest BCUT2D eigenvalue weighted by Gasteiger charge is -2.28. The Bertz CT molecular complexity index is 549. The third-order valence-electron chi connectivity index (χ3n) is 5.07. The molecule has 3 rings (SSSR count). The number of hydrogen-bond acceptors (Lipinski definition) is 3. The Hall–Kier alpha value is -1.36. The summed E-state index contributed by atoms with van der Waals surface area (Å²) < 4.78 is 0. The van der Waals surface area contributed by atoms with E-state index in [9.17, 15) is 9.59 Å². The monoisotopic (exact) mass is 334 g/mol. The molecule has 0 N–H and O–H groups in total. The van der Waals surface area contributed by atoms with E-state index in [2.05, 4.69) is 25.3 Å². The molecule has 4 nitrogen and oxygen atoms in total. The molecule has 1 aliphatic carbocycles. The number of nitrogens with zero attached hydrogens (tertiary/aromatic N) is 2. The molecule has 1 aromatic heterocycles. The average Bonchev–Trinajstić information content (AvgIpc) is 3.12. The van der Waals surface area contributed by atoms with Crippen LogP contribution in [0.5, 0.6) is 0 Å². The summed E-state index contributed by atoms with van der Waals surface area (Å²) in [5.41, 5.74) is 0. The molecule has 1 aliphatic heterocycles. The molecule has 2 aliphatic rings. The van der Waals surface area contributed by atoms with E-state index in [4.69, 9.17) is 0 Å². The molecule has 23 heavy (non-hydrogen) atoms. The van der Waals surface area contributed by atoms with Crippen molar-refractivity contribution in [2.45, 2.75) is 64.6 Å². The molecule has 0 bridgehead atoms. The van der Waals surface area contributed by atoms with E-state index in [0.717, 1.165) is 25.7 Å². The molecule has 1 atom stereocenters. The van der Waals surface area contributed by atoms with Crippen molar-refractivity contribution < 1.29 is 9.59 Å². The van der Waals surface area contributed by atoms with Crippen LogP contribution in [-0.2, 0) is 16.1 Å². The van der Waals surface area contributed by atoms with Gasteiger partial charge in [0.2, 0.25) is 11.8 Å². The van der Waals surface area contributed by atoms with Crippen LogP contribution < -0.4 is 0 Å². The van der Waals surface area contributed by atoms with Crippen LogP contribution in [-0.4, -0.2) is 40.2 Å². The first-order chi connectivity index (χ1) is 11.1. The molecule has 1 aromatic rings. The molecule has 1 saturated heterocycles. The van der Waals surface area contributed by atoms with Gasteiger partial charge in [-0.3, -0.25) is 9.59 Å². The van der Waals surface area contributed by atoms with Crippen molar-refractivity contribution in [1.82, 2.24) is 9.80 Å². The van der Waals surface area contributed by atoms with Crippen molar-refractivity contribution in [3.8, 4) is 0 Å². The number of rotatable bonds is 7. The van der Waals surface area contributed by atoms with Crippen LogP contribution in [0.2, 0.25) is 0 Å². The molecule has 126 valence electrons. The Kier molecular flexibility index (Phi) is 5.05. The fraction of sp³-hybridized carbons (Fsp3) is 0.667. The second-order valence-electron chi connectivity index (χ2n) is 6.69. The van der Waals surface area contributed by atoms with Crippen LogP contribution in [0, 0.1) is 5.92 Å². The van der Waals surface area contributed by atoms with Gasteiger partial charge in [-0.05, 0) is 37.1 Å². The highest BCUT2D eigenvalue weighted by atomic mass is 32.1. The van der Waals surface area contributed by atoms with E-state index in [1.165, 1.54) is 4.88 Å². The fourth-order valence-corrected chi connectivity index (χ4v) is 4.26. The first-order valence-corrected chi connectivity index (χ1v) is 9.64. The van der Waals surface area contributed by atoms with E-state index < -0.39 is 0 Å². The lowest BCUT2D eigenvalue weighted by Crippen LogP contribution is -2.40. The van der Waals surface area contributed by atoms with E-state index in [1.54, 1.807) is 11.3 Å². The van der Waals surface area contributed by atoms with E-state index in [-0.39, 0.29) is 23.8 Å². The summed E-state index contributed by atoms with van der Waals surface area (Å²) in [4.78, 5) is 30.5. The largest absolute Gasteiger partial charge is 0.339 e. The van der Waals surface area contributed by atoms with Crippen LogP contribution in [0.25, 0.3) is 0 Å². The van der Waals surface area contributed by atoms with Gasteiger partial charge in [-0.1, -0.05) is 19.9 Å². The van der Waals surface area contributed by atoms with Crippen LogP contribution in [0.3, 0.4) is 0 Å². The van der Waals surface area contributed by atoms with Gasteiger partial charge in [0.25, 0.3) is 0 Å². The van der Waals surface area contributed by atoms with E-state index >= 15 is 0 Å². The number of amides is 2. The van der Waals surface area contributed by atoms with Gasteiger partial charge in [-0.2, -0.15) is 0 Å². The minimum Gasteiger partial charge on any atom is -0.339 e. The van der Waals surface area contributed by atoms with Crippen molar-refractivity contribution in [2.75, 3.05) is 6.54 Å². The SMILES string of the molecule is CCC(CC)N1CC(C(=O)N(Cc2cccs2)C2CC2)CC1=O. The van der Waals surface area contributed by atoms with E-state index in [0.29, 0.717) is 25.6 Å². The molecular weight excluding hydrogens is 308 g/mol. The maximum atomic E-state index is 13.0. The summed E-state index contributed by atoms with van der Waals surface area (Å²) in [6.07, 6.45) is 4.53. The van der Waals surface area contributed by atoms with Crippen molar-refractivity contribution >= 4 is 23.2 Å². The van der Waals surface area contributed by atoms with Gasteiger partial charge in [-0.15, -0.1) is 11.3 Å². The molecule has 5 heteroatoms. The summed E-state index contributed by atoms with van der Waals surface area (Å²) in [7, 11) is 0. The highest BCUT2D eigenvalue weighted by molar-refractivity contribution is 7.09. The number of carbonyl (C=O) groups is 2. The maximum Gasteiger partial charge on any atom is 0.228 e. The van der Waals surface area contributed by atoms with Gasteiger partial charge in [0.05, 0.1) is 12.5 Å². The third-order valence-corrected chi connectivity index (χ3v) is 5.93. The lowest BCUT2D eigenvalue weighted by molar-refractivity contribution is -0.137. The van der Waals surface area contributed by atoms with Gasteiger partial charge < -0.3 is 9.80 Å². The Morgan fingerprint density at radius 2 is 2.13 bits per heavy atom. The summed E-state index contributed by atoms with van der Waals surface area (Å²) >= 11 is 1.70. The zero-order chi connectivity index (χ0) is 16.4. The van der Waals surface area contributed by atoms with Gasteiger partial charge in [-0.25, -0.2) is 0 Å².